The van der Waals surface area contributed by atoms with Gasteiger partial charge in [0.05, 0.1) is 30.0 Å². The number of benzene rings is 2. The largest absolute Gasteiger partial charge is 0.343 e. The zero-order chi connectivity index (χ0) is 21.8. The number of aromatic nitrogens is 2. The van der Waals surface area contributed by atoms with Gasteiger partial charge in [0, 0.05) is 4.88 Å². The normalized spacial score (nSPS) is 12.2. The minimum absolute atomic E-state index is 0.111. The molecule has 6 nitrogen and oxygen atoms in total. The first-order valence-corrected chi connectivity index (χ1v) is 10.6. The van der Waals surface area contributed by atoms with E-state index in [1.54, 1.807) is 42.3 Å². The Morgan fingerprint density at radius 1 is 1.16 bits per heavy atom. The molecule has 0 aliphatic rings. The molecule has 1 amide bonds. The molecule has 4 rings (SSSR count). The van der Waals surface area contributed by atoms with E-state index in [-0.39, 0.29) is 29.9 Å². The number of fused-ring (bicyclic) bond motifs is 1. The smallest absolute Gasteiger partial charge is 0.258 e. The van der Waals surface area contributed by atoms with Crippen molar-refractivity contribution in [3.8, 4) is 0 Å². The number of aromatic amines is 1. The van der Waals surface area contributed by atoms with Crippen LogP contribution in [0.2, 0.25) is 0 Å². The minimum Gasteiger partial charge on any atom is -0.343 e. The van der Waals surface area contributed by atoms with Gasteiger partial charge in [-0.1, -0.05) is 30.3 Å². The highest BCUT2D eigenvalue weighted by Gasteiger charge is 2.19. The van der Waals surface area contributed by atoms with E-state index in [9.17, 15) is 14.0 Å². The third-order valence-corrected chi connectivity index (χ3v) is 5.77. The first kappa shape index (κ1) is 20.9. The number of carbonyl (C=O) groups excluding carboxylic acids is 1. The lowest BCUT2D eigenvalue weighted by Gasteiger charge is -2.21. The molecule has 2 aromatic carbocycles. The predicted octanol–water partition coefficient (Wildman–Crippen LogP) is 3.46. The molecule has 0 bridgehead atoms. The van der Waals surface area contributed by atoms with E-state index in [2.05, 4.69) is 15.3 Å². The molecule has 2 aromatic heterocycles. The number of hydrogen-bond acceptors (Lipinski definition) is 5. The fourth-order valence-electron chi connectivity index (χ4n) is 3.40. The third kappa shape index (κ3) is 5.04. The zero-order valence-electron chi connectivity index (χ0n) is 16.8. The summed E-state index contributed by atoms with van der Waals surface area (Å²) in [6.07, 6.45) is 0. The second kappa shape index (κ2) is 9.20. The van der Waals surface area contributed by atoms with Gasteiger partial charge in [-0.15, -0.1) is 11.3 Å². The summed E-state index contributed by atoms with van der Waals surface area (Å²) in [7, 11) is 1.78. The zero-order valence-corrected chi connectivity index (χ0v) is 17.7. The lowest BCUT2D eigenvalue weighted by atomic mass is 10.1. The summed E-state index contributed by atoms with van der Waals surface area (Å²) < 4.78 is 13.3. The molecule has 0 unspecified atom stereocenters. The van der Waals surface area contributed by atoms with Gasteiger partial charge in [0.1, 0.15) is 11.6 Å². The number of nitrogens with zero attached hydrogens (tertiary/aromatic N) is 2. The van der Waals surface area contributed by atoms with Crippen LogP contribution in [0.15, 0.2) is 70.8 Å². The second-order valence-electron chi connectivity index (χ2n) is 7.27. The van der Waals surface area contributed by atoms with Crippen LogP contribution in [-0.2, 0) is 11.3 Å². The number of hydrogen-bond donors (Lipinski definition) is 2. The molecule has 8 heteroatoms. The number of halogens is 1. The molecular weight excluding hydrogens is 415 g/mol. The van der Waals surface area contributed by atoms with Gasteiger partial charge in [-0.3, -0.25) is 14.5 Å². The van der Waals surface area contributed by atoms with Crippen molar-refractivity contribution in [2.24, 2.45) is 0 Å². The molecule has 0 radical (unpaired) electrons. The molecular formula is C23H21FN4O2S. The molecule has 0 spiro atoms. The van der Waals surface area contributed by atoms with Gasteiger partial charge in [0.15, 0.2) is 0 Å². The maximum atomic E-state index is 13.3. The topological polar surface area (TPSA) is 78.1 Å². The van der Waals surface area contributed by atoms with Crippen molar-refractivity contribution in [2.75, 3.05) is 13.6 Å². The Kier molecular flexibility index (Phi) is 6.20. The van der Waals surface area contributed by atoms with Crippen LogP contribution in [-0.4, -0.2) is 34.4 Å². The van der Waals surface area contributed by atoms with Gasteiger partial charge in [-0.05, 0) is 48.3 Å². The quantitative estimate of drug-likeness (QED) is 0.465. The van der Waals surface area contributed by atoms with Gasteiger partial charge in [-0.2, -0.15) is 0 Å². The number of nitrogens with one attached hydrogen (secondary N) is 2. The average molecular weight is 437 g/mol. The number of rotatable bonds is 7. The van der Waals surface area contributed by atoms with Crippen LogP contribution in [0, 0.1) is 5.82 Å². The van der Waals surface area contributed by atoms with Crippen LogP contribution in [0.4, 0.5) is 4.39 Å². The summed E-state index contributed by atoms with van der Waals surface area (Å²) in [5.41, 5.74) is 1.22. The van der Waals surface area contributed by atoms with Gasteiger partial charge in [0.25, 0.3) is 5.56 Å². The van der Waals surface area contributed by atoms with E-state index in [1.807, 2.05) is 23.6 Å². The van der Waals surface area contributed by atoms with E-state index < -0.39 is 0 Å². The summed E-state index contributed by atoms with van der Waals surface area (Å²) in [5, 5.41) is 5.50. The van der Waals surface area contributed by atoms with Crippen molar-refractivity contribution in [1.29, 1.82) is 0 Å². The van der Waals surface area contributed by atoms with Crippen LogP contribution in [0.3, 0.4) is 0 Å². The second-order valence-corrected chi connectivity index (χ2v) is 8.25. The van der Waals surface area contributed by atoms with E-state index in [4.69, 9.17) is 0 Å². The van der Waals surface area contributed by atoms with Crippen molar-refractivity contribution in [3.05, 3.63) is 98.5 Å². The summed E-state index contributed by atoms with van der Waals surface area (Å²) in [5.74, 6) is -0.0164. The first-order chi connectivity index (χ1) is 15.0. The molecule has 0 saturated heterocycles. The molecule has 158 valence electrons. The molecule has 2 heterocycles. The molecule has 2 N–H and O–H groups in total. The summed E-state index contributed by atoms with van der Waals surface area (Å²) in [6.45, 7) is 0.424. The lowest BCUT2D eigenvalue weighted by Crippen LogP contribution is -2.37. The van der Waals surface area contributed by atoms with Crippen molar-refractivity contribution in [3.63, 3.8) is 0 Å². The summed E-state index contributed by atoms with van der Waals surface area (Å²) >= 11 is 1.52. The van der Waals surface area contributed by atoms with Crippen molar-refractivity contribution < 1.29 is 9.18 Å². The predicted molar refractivity (Wildman–Crippen MR) is 119 cm³/mol. The standard InChI is InChI=1S/C23H21FN4O2S/c1-28(13-20-25-18-6-3-2-5-17(18)23(30)26-20)14-21(29)27-22(19-7-4-12-31-19)15-8-10-16(24)11-9-15/h2-12,22H,13-14H2,1H3,(H,27,29)(H,25,26,30)/t22-/m0/s1. The van der Waals surface area contributed by atoms with Crippen LogP contribution >= 0.6 is 11.3 Å². The van der Waals surface area contributed by atoms with E-state index >= 15 is 0 Å². The Labute approximate surface area is 182 Å². The van der Waals surface area contributed by atoms with Crippen LogP contribution in [0.25, 0.3) is 10.9 Å². The monoisotopic (exact) mass is 436 g/mol. The maximum absolute atomic E-state index is 13.3. The molecule has 0 aliphatic heterocycles. The number of H-pyrrole nitrogens is 1. The number of para-hydroxylation sites is 1. The van der Waals surface area contributed by atoms with Crippen molar-refractivity contribution >= 4 is 28.1 Å². The van der Waals surface area contributed by atoms with Gasteiger partial charge >= 0.3 is 0 Å². The Morgan fingerprint density at radius 3 is 2.68 bits per heavy atom. The average Bonchev–Trinajstić information content (AvgIpc) is 3.27. The van der Waals surface area contributed by atoms with E-state index in [0.717, 1.165) is 10.4 Å². The maximum Gasteiger partial charge on any atom is 0.258 e. The van der Waals surface area contributed by atoms with Gasteiger partial charge in [0.2, 0.25) is 5.91 Å². The lowest BCUT2D eigenvalue weighted by molar-refractivity contribution is -0.122. The SMILES string of the molecule is CN(CC(=O)N[C@@H](c1ccc(F)cc1)c1cccs1)Cc1nc2ccccc2c(=O)[nH]1. The fraction of sp³-hybridized carbons (Fsp3) is 0.174. The van der Waals surface area contributed by atoms with E-state index in [1.165, 1.54) is 23.5 Å². The third-order valence-electron chi connectivity index (χ3n) is 4.83. The summed E-state index contributed by atoms with van der Waals surface area (Å²) in [6, 6.07) is 16.7. The molecule has 0 saturated carbocycles. The Morgan fingerprint density at radius 2 is 1.94 bits per heavy atom. The highest BCUT2D eigenvalue weighted by atomic mass is 32.1. The molecule has 1 atom stereocenters. The minimum atomic E-state index is -0.361. The van der Waals surface area contributed by atoms with E-state index in [0.29, 0.717) is 23.3 Å². The first-order valence-electron chi connectivity index (χ1n) is 9.74. The number of carbonyl (C=O) groups is 1. The van der Waals surface area contributed by atoms with Crippen LogP contribution in [0.5, 0.6) is 0 Å². The number of likely N-dealkylation sites (N-methyl/N-ethyl adjacent to an activating group) is 1. The Balaban J connectivity index is 1.45. The van der Waals surface area contributed by atoms with Gasteiger partial charge in [-0.25, -0.2) is 9.37 Å². The fourth-order valence-corrected chi connectivity index (χ4v) is 4.21. The Hall–Kier alpha value is -3.36. The molecule has 0 aliphatic carbocycles. The molecule has 0 fully saturated rings. The number of thiophene rings is 1. The number of amides is 1. The highest BCUT2D eigenvalue weighted by Crippen LogP contribution is 2.26. The Bertz CT molecular complexity index is 1240. The summed E-state index contributed by atoms with van der Waals surface area (Å²) in [4.78, 5) is 35.0. The van der Waals surface area contributed by atoms with Crippen LogP contribution in [0.1, 0.15) is 22.3 Å². The van der Waals surface area contributed by atoms with Crippen molar-refractivity contribution in [1.82, 2.24) is 20.2 Å². The van der Waals surface area contributed by atoms with Gasteiger partial charge < -0.3 is 10.3 Å². The molecule has 4 aromatic rings. The highest BCUT2D eigenvalue weighted by molar-refractivity contribution is 7.10. The van der Waals surface area contributed by atoms with Crippen LogP contribution < -0.4 is 10.9 Å². The van der Waals surface area contributed by atoms with Crippen molar-refractivity contribution in [2.45, 2.75) is 12.6 Å². The molecule has 31 heavy (non-hydrogen) atoms.